The van der Waals surface area contributed by atoms with E-state index in [1.165, 1.54) is 16.9 Å². The van der Waals surface area contributed by atoms with Crippen LogP contribution in [0, 0.1) is 6.92 Å². The van der Waals surface area contributed by atoms with E-state index in [1.807, 2.05) is 44.0 Å². The molecule has 0 fully saturated rings. The standard InChI is InChI=1S/C23H23N7OS/c1-15-7-17(23(31)27-12-21-24-4-6-32-21)10-26-22(15)30-5-3-20-18(14-30)8-16(9-25-20)19-11-28-29(2)13-19/h4,6-11,13H,3,5,12,14H2,1-2H3,(H,27,31). The second-order valence-corrected chi connectivity index (χ2v) is 8.86. The van der Waals surface area contributed by atoms with Crippen molar-refractivity contribution < 1.29 is 4.79 Å². The van der Waals surface area contributed by atoms with E-state index in [1.54, 1.807) is 17.1 Å². The first-order valence-corrected chi connectivity index (χ1v) is 11.3. The molecule has 0 unspecified atom stereocenters. The van der Waals surface area contributed by atoms with E-state index in [9.17, 15) is 4.79 Å². The van der Waals surface area contributed by atoms with Crippen LogP contribution in [-0.4, -0.2) is 37.2 Å². The second-order valence-electron chi connectivity index (χ2n) is 7.88. The summed E-state index contributed by atoms with van der Waals surface area (Å²) in [5.41, 5.74) is 5.99. The summed E-state index contributed by atoms with van der Waals surface area (Å²) in [4.78, 5) is 28.3. The monoisotopic (exact) mass is 445 g/mol. The van der Waals surface area contributed by atoms with Gasteiger partial charge < -0.3 is 10.2 Å². The Kier molecular flexibility index (Phi) is 5.40. The number of thiazole rings is 1. The highest BCUT2D eigenvalue weighted by Gasteiger charge is 2.21. The first-order chi connectivity index (χ1) is 15.6. The van der Waals surface area contributed by atoms with Crippen LogP contribution < -0.4 is 10.2 Å². The minimum absolute atomic E-state index is 0.142. The average Bonchev–Trinajstić information content (AvgIpc) is 3.48. The van der Waals surface area contributed by atoms with E-state index < -0.39 is 0 Å². The molecule has 0 saturated heterocycles. The molecule has 1 amide bonds. The molecule has 32 heavy (non-hydrogen) atoms. The molecule has 0 radical (unpaired) electrons. The van der Waals surface area contributed by atoms with Crippen LogP contribution in [0.1, 0.15) is 32.2 Å². The van der Waals surface area contributed by atoms with Crippen molar-refractivity contribution in [2.24, 2.45) is 7.05 Å². The molecule has 1 aliphatic rings. The summed E-state index contributed by atoms with van der Waals surface area (Å²) >= 11 is 1.52. The summed E-state index contributed by atoms with van der Waals surface area (Å²) in [5, 5.41) is 9.94. The van der Waals surface area contributed by atoms with Crippen molar-refractivity contribution in [1.82, 2.24) is 30.0 Å². The van der Waals surface area contributed by atoms with Gasteiger partial charge in [-0.25, -0.2) is 9.97 Å². The third-order valence-electron chi connectivity index (χ3n) is 5.57. The Hall–Kier alpha value is -3.59. The quantitative estimate of drug-likeness (QED) is 0.508. The number of aryl methyl sites for hydroxylation is 2. The number of rotatable bonds is 5. The maximum atomic E-state index is 12.5. The van der Waals surface area contributed by atoms with Crippen LogP contribution in [0.5, 0.6) is 0 Å². The molecule has 4 aromatic rings. The fourth-order valence-electron chi connectivity index (χ4n) is 3.96. The minimum Gasteiger partial charge on any atom is -0.352 e. The molecular formula is C23H23N7OS. The van der Waals surface area contributed by atoms with Crippen LogP contribution in [0.15, 0.2) is 48.5 Å². The first-order valence-electron chi connectivity index (χ1n) is 10.4. The molecule has 0 saturated carbocycles. The van der Waals surface area contributed by atoms with Gasteiger partial charge in [0, 0.05) is 73.5 Å². The Bertz CT molecular complexity index is 1270. The van der Waals surface area contributed by atoms with Gasteiger partial charge in [0.05, 0.1) is 18.3 Å². The summed E-state index contributed by atoms with van der Waals surface area (Å²) in [6, 6.07) is 4.10. The number of nitrogens with zero attached hydrogens (tertiary/aromatic N) is 6. The number of aromatic nitrogens is 5. The molecular weight excluding hydrogens is 422 g/mol. The van der Waals surface area contributed by atoms with Gasteiger partial charge in [-0.2, -0.15) is 5.10 Å². The predicted molar refractivity (Wildman–Crippen MR) is 123 cm³/mol. The van der Waals surface area contributed by atoms with Gasteiger partial charge in [-0.05, 0) is 30.2 Å². The van der Waals surface area contributed by atoms with E-state index in [2.05, 4.69) is 31.3 Å². The number of nitrogens with one attached hydrogen (secondary N) is 1. The van der Waals surface area contributed by atoms with Crippen LogP contribution in [-0.2, 0) is 26.6 Å². The Morgan fingerprint density at radius 1 is 1.16 bits per heavy atom. The van der Waals surface area contributed by atoms with Crippen molar-refractivity contribution in [1.29, 1.82) is 0 Å². The van der Waals surface area contributed by atoms with E-state index >= 15 is 0 Å². The Morgan fingerprint density at radius 3 is 2.81 bits per heavy atom. The number of pyridine rings is 2. The highest BCUT2D eigenvalue weighted by molar-refractivity contribution is 7.09. The molecule has 0 spiro atoms. The normalized spacial score (nSPS) is 13.1. The number of anilines is 1. The van der Waals surface area contributed by atoms with Gasteiger partial charge in [-0.3, -0.25) is 14.5 Å². The molecule has 0 atom stereocenters. The van der Waals surface area contributed by atoms with Crippen molar-refractivity contribution in [2.45, 2.75) is 26.4 Å². The lowest BCUT2D eigenvalue weighted by Crippen LogP contribution is -2.32. The maximum Gasteiger partial charge on any atom is 0.253 e. The highest BCUT2D eigenvalue weighted by atomic mass is 32.1. The first kappa shape index (κ1) is 20.3. The van der Waals surface area contributed by atoms with Crippen molar-refractivity contribution in [3.05, 3.63) is 75.9 Å². The lowest BCUT2D eigenvalue weighted by atomic mass is 10.0. The lowest BCUT2D eigenvalue weighted by Gasteiger charge is -2.30. The van der Waals surface area contributed by atoms with Gasteiger partial charge in [0.1, 0.15) is 10.8 Å². The minimum atomic E-state index is -0.142. The summed E-state index contributed by atoms with van der Waals surface area (Å²) in [5.74, 6) is 0.760. The van der Waals surface area contributed by atoms with Crippen molar-refractivity contribution in [3.8, 4) is 11.1 Å². The lowest BCUT2D eigenvalue weighted by molar-refractivity contribution is 0.0950. The van der Waals surface area contributed by atoms with Gasteiger partial charge >= 0.3 is 0 Å². The molecule has 9 heteroatoms. The van der Waals surface area contributed by atoms with Crippen molar-refractivity contribution in [3.63, 3.8) is 0 Å². The van der Waals surface area contributed by atoms with Crippen LogP contribution in [0.3, 0.4) is 0 Å². The third-order valence-corrected chi connectivity index (χ3v) is 6.35. The number of hydrogen-bond donors (Lipinski definition) is 1. The molecule has 8 nitrogen and oxygen atoms in total. The zero-order chi connectivity index (χ0) is 22.1. The Labute approximate surface area is 190 Å². The maximum absolute atomic E-state index is 12.5. The number of amides is 1. The topological polar surface area (TPSA) is 88.8 Å². The molecule has 0 aliphatic carbocycles. The SMILES string of the molecule is Cc1cc(C(=O)NCc2nccs2)cnc1N1CCc2ncc(-c3cnn(C)c3)cc2C1. The number of hydrogen-bond acceptors (Lipinski definition) is 7. The second kappa shape index (κ2) is 8.51. The summed E-state index contributed by atoms with van der Waals surface area (Å²) < 4.78 is 1.79. The molecule has 0 aromatic carbocycles. The zero-order valence-corrected chi connectivity index (χ0v) is 18.8. The predicted octanol–water partition coefficient (Wildman–Crippen LogP) is 3.13. The summed E-state index contributed by atoms with van der Waals surface area (Å²) in [6.07, 6.45) is 10.0. The summed E-state index contributed by atoms with van der Waals surface area (Å²) in [7, 11) is 1.91. The van der Waals surface area contributed by atoms with E-state index in [4.69, 9.17) is 4.98 Å². The van der Waals surface area contributed by atoms with Crippen LogP contribution in [0.4, 0.5) is 5.82 Å². The van der Waals surface area contributed by atoms with E-state index in [0.29, 0.717) is 12.1 Å². The fraction of sp³-hybridized carbons (Fsp3) is 0.261. The van der Waals surface area contributed by atoms with Gasteiger partial charge in [0.2, 0.25) is 0 Å². The van der Waals surface area contributed by atoms with Crippen LogP contribution >= 0.6 is 11.3 Å². The molecule has 0 bridgehead atoms. The molecule has 1 N–H and O–H groups in total. The van der Waals surface area contributed by atoms with Crippen LogP contribution in [0.25, 0.3) is 11.1 Å². The molecule has 4 aromatic heterocycles. The summed E-state index contributed by atoms with van der Waals surface area (Å²) in [6.45, 7) is 4.00. The van der Waals surface area contributed by atoms with Gasteiger partial charge in [-0.15, -0.1) is 11.3 Å². The van der Waals surface area contributed by atoms with E-state index in [-0.39, 0.29) is 5.91 Å². The average molecular weight is 446 g/mol. The smallest absolute Gasteiger partial charge is 0.253 e. The number of carbonyl (C=O) groups excluding carboxylic acids is 1. The number of carbonyl (C=O) groups is 1. The van der Waals surface area contributed by atoms with Gasteiger partial charge in [0.25, 0.3) is 5.91 Å². The van der Waals surface area contributed by atoms with Gasteiger partial charge in [-0.1, -0.05) is 0 Å². The molecule has 5 heterocycles. The van der Waals surface area contributed by atoms with Crippen molar-refractivity contribution >= 4 is 23.1 Å². The largest absolute Gasteiger partial charge is 0.352 e. The van der Waals surface area contributed by atoms with Crippen molar-refractivity contribution in [2.75, 3.05) is 11.4 Å². The fourth-order valence-corrected chi connectivity index (χ4v) is 4.51. The van der Waals surface area contributed by atoms with E-state index in [0.717, 1.165) is 52.7 Å². The Morgan fingerprint density at radius 2 is 2.06 bits per heavy atom. The molecule has 162 valence electrons. The van der Waals surface area contributed by atoms with Crippen LogP contribution in [0.2, 0.25) is 0 Å². The zero-order valence-electron chi connectivity index (χ0n) is 17.9. The molecule has 5 rings (SSSR count). The van der Waals surface area contributed by atoms with Gasteiger partial charge in [0.15, 0.2) is 0 Å². The number of fused-ring (bicyclic) bond motifs is 1. The third kappa shape index (κ3) is 4.11. The highest BCUT2D eigenvalue weighted by Crippen LogP contribution is 2.28. The molecule has 1 aliphatic heterocycles. The Balaban J connectivity index is 1.32.